The van der Waals surface area contributed by atoms with Crippen molar-refractivity contribution in [2.75, 3.05) is 5.75 Å². The molecule has 1 heterocycles. The van der Waals surface area contributed by atoms with Crippen LogP contribution in [0.15, 0.2) is 23.4 Å². The molecule has 16 heavy (non-hydrogen) atoms. The minimum absolute atomic E-state index is 0.141. The quantitative estimate of drug-likeness (QED) is 0.702. The van der Waals surface area contributed by atoms with E-state index < -0.39 is 27.5 Å². The van der Waals surface area contributed by atoms with Gasteiger partial charge < -0.3 is 10.8 Å². The minimum Gasteiger partial charge on any atom is -0.478 e. The Kier molecular flexibility index (Phi) is 3.23. The zero-order chi connectivity index (χ0) is 12.3. The van der Waals surface area contributed by atoms with Gasteiger partial charge in [-0.25, -0.2) is 18.2 Å². The molecule has 8 heteroatoms. The average Bonchev–Trinajstić information content (AvgIpc) is 2.16. The third kappa shape index (κ3) is 2.76. The molecule has 0 bridgehead atoms. The number of hydrogen-bond donors (Lipinski definition) is 2. The van der Waals surface area contributed by atoms with Crippen LogP contribution in [0.1, 0.15) is 10.4 Å². The molecule has 1 aromatic rings. The Morgan fingerprint density at radius 1 is 1.38 bits per heavy atom. The van der Waals surface area contributed by atoms with Crippen LogP contribution in [-0.4, -0.2) is 36.1 Å². The van der Waals surface area contributed by atoms with Gasteiger partial charge in [0.1, 0.15) is 5.75 Å². The Bertz CT molecular complexity index is 520. The number of nitrogens with two attached hydrogens (primary N) is 1. The lowest BCUT2D eigenvalue weighted by Gasteiger charge is -2.01. The number of nitrogens with zero attached hydrogens (tertiary/aromatic N) is 1. The molecule has 0 spiro atoms. The number of carbonyl (C=O) groups is 2. The van der Waals surface area contributed by atoms with Crippen molar-refractivity contribution >= 4 is 21.7 Å². The first kappa shape index (κ1) is 12.1. The standard InChI is InChI=1S/C8H8N2O5S/c9-6(11)4-16(14,15)7-2-1-5(3-10-7)8(12)13/h1-3H,4H2,(H2,9,11)(H,12,13). The van der Waals surface area contributed by atoms with Crippen molar-refractivity contribution in [1.82, 2.24) is 4.98 Å². The van der Waals surface area contributed by atoms with E-state index in [4.69, 9.17) is 10.8 Å². The van der Waals surface area contributed by atoms with Crippen molar-refractivity contribution in [1.29, 1.82) is 0 Å². The molecule has 1 aromatic heterocycles. The smallest absolute Gasteiger partial charge is 0.337 e. The number of carboxylic acids is 1. The predicted molar refractivity (Wildman–Crippen MR) is 52.4 cm³/mol. The number of primary amides is 1. The molecule has 1 rings (SSSR count). The van der Waals surface area contributed by atoms with E-state index in [0.29, 0.717) is 0 Å². The van der Waals surface area contributed by atoms with Crippen LogP contribution in [0.3, 0.4) is 0 Å². The predicted octanol–water partition coefficient (Wildman–Crippen LogP) is -0.961. The highest BCUT2D eigenvalue weighted by Crippen LogP contribution is 2.08. The van der Waals surface area contributed by atoms with E-state index in [1.807, 2.05) is 0 Å². The molecule has 0 aliphatic heterocycles. The van der Waals surface area contributed by atoms with E-state index in [1.165, 1.54) is 0 Å². The van der Waals surface area contributed by atoms with Crippen LogP contribution in [0, 0.1) is 0 Å². The number of carboxylic acid groups (broad SMARTS) is 1. The first-order valence-electron chi connectivity index (χ1n) is 4.03. The highest BCUT2D eigenvalue weighted by atomic mass is 32.2. The van der Waals surface area contributed by atoms with Crippen LogP contribution in [0.5, 0.6) is 0 Å². The molecule has 7 nitrogen and oxygen atoms in total. The van der Waals surface area contributed by atoms with E-state index in [1.54, 1.807) is 0 Å². The second-order valence-electron chi connectivity index (χ2n) is 2.92. The summed E-state index contributed by atoms with van der Waals surface area (Å²) in [5.41, 5.74) is 4.61. The summed E-state index contributed by atoms with van der Waals surface area (Å²) < 4.78 is 22.8. The third-order valence-corrected chi connectivity index (χ3v) is 3.18. The number of hydrogen-bond acceptors (Lipinski definition) is 5. The van der Waals surface area contributed by atoms with Crippen molar-refractivity contribution < 1.29 is 23.1 Å². The van der Waals surface area contributed by atoms with Crippen molar-refractivity contribution in [3.05, 3.63) is 23.9 Å². The molecule has 0 aliphatic rings. The Hall–Kier alpha value is -1.96. The molecule has 0 unspecified atom stereocenters. The van der Waals surface area contributed by atoms with Crippen molar-refractivity contribution in [2.24, 2.45) is 5.73 Å². The topological polar surface area (TPSA) is 127 Å². The molecule has 1 amide bonds. The summed E-state index contributed by atoms with van der Waals surface area (Å²) in [6.07, 6.45) is 0.899. The lowest BCUT2D eigenvalue weighted by atomic mass is 10.3. The summed E-state index contributed by atoms with van der Waals surface area (Å²) in [4.78, 5) is 24.4. The van der Waals surface area contributed by atoms with Gasteiger partial charge in [-0.15, -0.1) is 0 Å². The summed E-state index contributed by atoms with van der Waals surface area (Å²) >= 11 is 0. The van der Waals surface area contributed by atoms with E-state index in [9.17, 15) is 18.0 Å². The van der Waals surface area contributed by atoms with Crippen LogP contribution in [-0.2, 0) is 14.6 Å². The number of pyridine rings is 1. The number of rotatable bonds is 4. The van der Waals surface area contributed by atoms with Gasteiger partial charge in [-0.2, -0.15) is 0 Å². The van der Waals surface area contributed by atoms with Crippen LogP contribution in [0.25, 0.3) is 0 Å². The molecule has 0 radical (unpaired) electrons. The van der Waals surface area contributed by atoms with Gasteiger partial charge in [-0.05, 0) is 12.1 Å². The maximum atomic E-state index is 11.4. The van der Waals surface area contributed by atoms with Gasteiger partial charge in [-0.1, -0.05) is 0 Å². The van der Waals surface area contributed by atoms with Crippen LogP contribution < -0.4 is 5.73 Å². The zero-order valence-corrected chi connectivity index (χ0v) is 8.77. The van der Waals surface area contributed by atoms with Gasteiger partial charge in [0.2, 0.25) is 15.7 Å². The Balaban J connectivity index is 3.07. The summed E-state index contributed by atoms with van der Waals surface area (Å²) in [5, 5.41) is 8.18. The van der Waals surface area contributed by atoms with Crippen LogP contribution >= 0.6 is 0 Å². The molecule has 0 aromatic carbocycles. The summed E-state index contributed by atoms with van der Waals surface area (Å²) in [6.45, 7) is 0. The van der Waals surface area contributed by atoms with Gasteiger partial charge in [0.05, 0.1) is 5.56 Å². The Morgan fingerprint density at radius 2 is 2.00 bits per heavy atom. The molecule has 0 aliphatic carbocycles. The van der Waals surface area contributed by atoms with Crippen molar-refractivity contribution in [3.63, 3.8) is 0 Å². The molecule has 0 saturated carbocycles. The van der Waals surface area contributed by atoms with Gasteiger partial charge in [0.15, 0.2) is 5.03 Å². The minimum atomic E-state index is -3.88. The lowest BCUT2D eigenvalue weighted by Crippen LogP contribution is -2.23. The van der Waals surface area contributed by atoms with Gasteiger partial charge in [0.25, 0.3) is 0 Å². The van der Waals surface area contributed by atoms with E-state index >= 15 is 0 Å². The van der Waals surface area contributed by atoms with Crippen LogP contribution in [0.2, 0.25) is 0 Å². The van der Waals surface area contributed by atoms with Crippen LogP contribution in [0.4, 0.5) is 0 Å². The first-order valence-corrected chi connectivity index (χ1v) is 5.68. The summed E-state index contributed by atoms with van der Waals surface area (Å²) in [6, 6.07) is 2.10. The van der Waals surface area contributed by atoms with E-state index in [-0.39, 0.29) is 10.6 Å². The second kappa shape index (κ2) is 4.27. The average molecular weight is 244 g/mol. The maximum absolute atomic E-state index is 11.4. The van der Waals surface area contributed by atoms with E-state index in [0.717, 1.165) is 18.3 Å². The number of aromatic carboxylic acids is 1. The normalized spacial score (nSPS) is 11.0. The molecular formula is C8H8N2O5S. The Morgan fingerprint density at radius 3 is 2.38 bits per heavy atom. The number of amides is 1. The molecule has 0 saturated heterocycles. The van der Waals surface area contributed by atoms with E-state index in [2.05, 4.69) is 4.98 Å². The number of carbonyl (C=O) groups excluding carboxylic acids is 1. The zero-order valence-electron chi connectivity index (χ0n) is 7.95. The van der Waals surface area contributed by atoms with Crippen molar-refractivity contribution in [2.45, 2.75) is 5.03 Å². The molecule has 0 fully saturated rings. The molecule has 86 valence electrons. The SMILES string of the molecule is NC(=O)CS(=O)(=O)c1ccc(C(=O)O)cn1. The Labute approximate surface area is 90.8 Å². The summed E-state index contributed by atoms with van der Waals surface area (Å²) in [5.74, 6) is -3.07. The summed E-state index contributed by atoms with van der Waals surface area (Å²) in [7, 11) is -3.88. The fourth-order valence-electron chi connectivity index (χ4n) is 0.952. The first-order chi connectivity index (χ1) is 7.33. The van der Waals surface area contributed by atoms with Crippen molar-refractivity contribution in [3.8, 4) is 0 Å². The highest BCUT2D eigenvalue weighted by Gasteiger charge is 2.19. The monoisotopic (exact) mass is 244 g/mol. The highest BCUT2D eigenvalue weighted by molar-refractivity contribution is 7.92. The lowest BCUT2D eigenvalue weighted by molar-refractivity contribution is -0.115. The maximum Gasteiger partial charge on any atom is 0.337 e. The molecular weight excluding hydrogens is 236 g/mol. The van der Waals surface area contributed by atoms with Gasteiger partial charge in [-0.3, -0.25) is 4.79 Å². The van der Waals surface area contributed by atoms with Gasteiger partial charge in [0, 0.05) is 6.20 Å². The fraction of sp³-hybridized carbons (Fsp3) is 0.125. The number of aromatic nitrogens is 1. The second-order valence-corrected chi connectivity index (χ2v) is 4.85. The number of sulfone groups is 1. The molecule has 0 atom stereocenters. The third-order valence-electron chi connectivity index (χ3n) is 1.63. The van der Waals surface area contributed by atoms with Gasteiger partial charge >= 0.3 is 5.97 Å². The largest absolute Gasteiger partial charge is 0.478 e. The molecule has 3 N–H and O–H groups in total. The fourth-order valence-corrected chi connectivity index (χ4v) is 1.96.